The quantitative estimate of drug-likeness (QED) is 0.356. The van der Waals surface area contributed by atoms with E-state index >= 15 is 0 Å². The minimum Gasteiger partial charge on any atom is -0.481 e. The van der Waals surface area contributed by atoms with Crippen LogP contribution in [0.4, 0.5) is 0 Å². The molecule has 0 aromatic rings. The van der Waals surface area contributed by atoms with Gasteiger partial charge in [-0.05, 0) is 6.42 Å². The van der Waals surface area contributed by atoms with Gasteiger partial charge < -0.3 is 21.3 Å². The lowest BCUT2D eigenvalue weighted by Crippen LogP contribution is -2.49. The number of hydrogen-bond donors (Lipinski definition) is 5. The molecule has 0 heterocycles. The highest BCUT2D eigenvalue weighted by atomic mass is 32.1. The van der Waals surface area contributed by atoms with Gasteiger partial charge in [0, 0.05) is 12.2 Å². The molecule has 0 bridgehead atoms. The highest BCUT2D eigenvalue weighted by Gasteiger charge is 2.22. The van der Waals surface area contributed by atoms with Gasteiger partial charge >= 0.3 is 11.9 Å². The fourth-order valence-corrected chi connectivity index (χ4v) is 1.12. The Balaban J connectivity index is 4.13. The fourth-order valence-electron chi connectivity index (χ4n) is 0.874. The number of amides is 1. The van der Waals surface area contributed by atoms with Crippen LogP contribution in [0.1, 0.15) is 12.8 Å². The van der Waals surface area contributed by atoms with Crippen LogP contribution in [0.2, 0.25) is 0 Å². The number of carbonyl (C=O) groups excluding carboxylic acids is 1. The Morgan fingerprint density at radius 2 is 1.88 bits per heavy atom. The molecular formula is C8H14N2O5S. The lowest BCUT2D eigenvalue weighted by atomic mass is 10.1. The molecule has 0 aliphatic heterocycles. The van der Waals surface area contributed by atoms with Crippen LogP contribution in [-0.4, -0.2) is 45.9 Å². The third-order valence-electron chi connectivity index (χ3n) is 1.80. The lowest BCUT2D eigenvalue weighted by Gasteiger charge is -2.15. The average molecular weight is 250 g/mol. The van der Waals surface area contributed by atoms with Crippen LogP contribution in [0, 0.1) is 0 Å². The number of carboxylic acids is 2. The number of aliphatic carboxylic acids is 2. The minimum absolute atomic E-state index is 0.0416. The summed E-state index contributed by atoms with van der Waals surface area (Å²) in [7, 11) is 0. The molecule has 5 N–H and O–H groups in total. The first-order chi connectivity index (χ1) is 7.38. The van der Waals surface area contributed by atoms with Gasteiger partial charge in [-0.3, -0.25) is 9.59 Å². The predicted molar refractivity (Wildman–Crippen MR) is 58.3 cm³/mol. The van der Waals surface area contributed by atoms with E-state index in [9.17, 15) is 14.4 Å². The second kappa shape index (κ2) is 7.07. The van der Waals surface area contributed by atoms with Gasteiger partial charge in [-0.15, -0.1) is 0 Å². The molecule has 92 valence electrons. The zero-order chi connectivity index (χ0) is 12.7. The van der Waals surface area contributed by atoms with Gasteiger partial charge in [-0.2, -0.15) is 12.6 Å². The molecule has 0 fully saturated rings. The molecule has 7 nitrogen and oxygen atoms in total. The van der Waals surface area contributed by atoms with Crippen molar-refractivity contribution in [2.45, 2.75) is 24.9 Å². The number of hydrogen-bond acceptors (Lipinski definition) is 5. The van der Waals surface area contributed by atoms with Crippen molar-refractivity contribution in [3.63, 3.8) is 0 Å². The van der Waals surface area contributed by atoms with E-state index in [2.05, 4.69) is 17.9 Å². The predicted octanol–water partition coefficient (Wildman–Crippen LogP) is -1.32. The lowest BCUT2D eigenvalue weighted by molar-refractivity contribution is -0.141. The van der Waals surface area contributed by atoms with Gasteiger partial charge in [-0.25, -0.2) is 4.79 Å². The first-order valence-electron chi connectivity index (χ1n) is 4.50. The van der Waals surface area contributed by atoms with Gasteiger partial charge in [0.25, 0.3) is 0 Å². The smallest absolute Gasteiger partial charge is 0.327 e. The molecule has 0 aromatic heterocycles. The molecule has 8 heteroatoms. The second-order valence-electron chi connectivity index (χ2n) is 3.12. The summed E-state index contributed by atoms with van der Waals surface area (Å²) in [5.41, 5.74) is 5.38. The molecule has 1 amide bonds. The molecule has 0 aliphatic carbocycles. The normalized spacial score (nSPS) is 13.9. The summed E-state index contributed by atoms with van der Waals surface area (Å²) < 4.78 is 0. The standard InChI is InChI=1S/C8H14N2O5S/c9-4(1-2-6(11)12)7(13)10-5(3-16)8(14)15/h4-5,16H,1-3,9H2,(H,10,13)(H,11,12)(H,14,15)/t4-,5+/m1/s1. The molecule has 0 rings (SSSR count). The van der Waals surface area contributed by atoms with E-state index in [4.69, 9.17) is 15.9 Å². The van der Waals surface area contributed by atoms with E-state index in [1.165, 1.54) is 0 Å². The third kappa shape index (κ3) is 5.56. The van der Waals surface area contributed by atoms with E-state index in [0.29, 0.717) is 0 Å². The highest BCUT2D eigenvalue weighted by molar-refractivity contribution is 7.80. The molecule has 0 saturated heterocycles. The van der Waals surface area contributed by atoms with E-state index in [1.807, 2.05) is 0 Å². The summed E-state index contributed by atoms with van der Waals surface area (Å²) in [5, 5.41) is 19.1. The largest absolute Gasteiger partial charge is 0.481 e. The van der Waals surface area contributed by atoms with Crippen molar-refractivity contribution in [3.8, 4) is 0 Å². The van der Waals surface area contributed by atoms with Crippen molar-refractivity contribution < 1.29 is 24.6 Å². The second-order valence-corrected chi connectivity index (χ2v) is 3.49. The topological polar surface area (TPSA) is 130 Å². The highest BCUT2D eigenvalue weighted by Crippen LogP contribution is 1.96. The van der Waals surface area contributed by atoms with Gasteiger partial charge in [0.1, 0.15) is 6.04 Å². The molecule has 2 atom stereocenters. The Morgan fingerprint density at radius 1 is 1.31 bits per heavy atom. The molecule has 16 heavy (non-hydrogen) atoms. The molecule has 0 unspecified atom stereocenters. The van der Waals surface area contributed by atoms with Crippen LogP contribution in [0.5, 0.6) is 0 Å². The third-order valence-corrected chi connectivity index (χ3v) is 2.17. The molecule has 0 spiro atoms. The van der Waals surface area contributed by atoms with Gasteiger partial charge in [-0.1, -0.05) is 0 Å². The van der Waals surface area contributed by atoms with Crippen molar-refractivity contribution in [1.29, 1.82) is 0 Å². The molecular weight excluding hydrogens is 236 g/mol. The van der Waals surface area contributed by atoms with Crippen LogP contribution < -0.4 is 11.1 Å². The van der Waals surface area contributed by atoms with Gasteiger partial charge in [0.05, 0.1) is 6.04 Å². The Bertz CT molecular complexity index is 284. The number of carbonyl (C=O) groups is 3. The van der Waals surface area contributed by atoms with E-state index in [1.54, 1.807) is 0 Å². The van der Waals surface area contributed by atoms with Crippen LogP contribution in [0.3, 0.4) is 0 Å². The van der Waals surface area contributed by atoms with Crippen LogP contribution >= 0.6 is 12.6 Å². The molecule has 0 saturated carbocycles. The first kappa shape index (κ1) is 14.7. The number of rotatable bonds is 7. The van der Waals surface area contributed by atoms with Crippen molar-refractivity contribution in [1.82, 2.24) is 5.32 Å². The average Bonchev–Trinajstić information content (AvgIpc) is 2.21. The van der Waals surface area contributed by atoms with Crippen LogP contribution in [0.25, 0.3) is 0 Å². The number of nitrogens with two attached hydrogens (primary N) is 1. The zero-order valence-corrected chi connectivity index (χ0v) is 9.31. The molecule has 0 radical (unpaired) electrons. The van der Waals surface area contributed by atoms with Crippen LogP contribution in [0.15, 0.2) is 0 Å². The van der Waals surface area contributed by atoms with E-state index < -0.39 is 29.9 Å². The monoisotopic (exact) mass is 250 g/mol. The summed E-state index contributed by atoms with van der Waals surface area (Å²) in [6.45, 7) is 0. The summed E-state index contributed by atoms with van der Waals surface area (Å²) in [5.74, 6) is -3.03. The van der Waals surface area contributed by atoms with Gasteiger partial charge in [0.2, 0.25) is 5.91 Å². The SMILES string of the molecule is N[C@H](CCC(=O)O)C(=O)N[C@@H](CS)C(=O)O. The Morgan fingerprint density at radius 3 is 2.25 bits per heavy atom. The minimum atomic E-state index is -1.21. The maximum Gasteiger partial charge on any atom is 0.327 e. The van der Waals surface area contributed by atoms with Crippen molar-refractivity contribution in [2.75, 3.05) is 5.75 Å². The number of nitrogens with one attached hydrogen (secondary N) is 1. The Kier molecular flexibility index (Phi) is 6.50. The van der Waals surface area contributed by atoms with Crippen molar-refractivity contribution in [3.05, 3.63) is 0 Å². The fraction of sp³-hybridized carbons (Fsp3) is 0.625. The Labute approximate surface area is 97.4 Å². The zero-order valence-electron chi connectivity index (χ0n) is 8.42. The summed E-state index contributed by atoms with van der Waals surface area (Å²) in [4.78, 5) is 32.1. The molecule has 0 aromatic carbocycles. The van der Waals surface area contributed by atoms with Gasteiger partial charge in [0.15, 0.2) is 0 Å². The first-order valence-corrected chi connectivity index (χ1v) is 5.13. The van der Waals surface area contributed by atoms with Crippen molar-refractivity contribution >= 4 is 30.5 Å². The summed E-state index contributed by atoms with van der Waals surface area (Å²) >= 11 is 3.75. The number of thiol groups is 1. The van der Waals surface area contributed by atoms with E-state index in [0.717, 1.165) is 0 Å². The number of carboxylic acid groups (broad SMARTS) is 2. The van der Waals surface area contributed by atoms with E-state index in [-0.39, 0.29) is 18.6 Å². The van der Waals surface area contributed by atoms with Crippen molar-refractivity contribution in [2.24, 2.45) is 5.73 Å². The maximum absolute atomic E-state index is 11.3. The maximum atomic E-state index is 11.3. The van der Waals surface area contributed by atoms with Crippen LogP contribution in [-0.2, 0) is 14.4 Å². The summed E-state index contributed by atoms with van der Waals surface area (Å²) in [6, 6.07) is -2.15. The Hall–Kier alpha value is -1.28. The summed E-state index contributed by atoms with van der Waals surface area (Å²) in [6.07, 6.45) is -0.284. The molecule has 0 aliphatic rings.